The van der Waals surface area contributed by atoms with E-state index in [0.29, 0.717) is 13.2 Å². The van der Waals surface area contributed by atoms with Crippen LogP contribution in [0.4, 0.5) is 0 Å². The van der Waals surface area contributed by atoms with E-state index in [9.17, 15) is 0 Å². The first-order valence-electron chi connectivity index (χ1n) is 5.45. The third kappa shape index (κ3) is 6.57. The van der Waals surface area contributed by atoms with Crippen LogP contribution < -0.4 is 5.32 Å². The topological polar surface area (TPSA) is 43.6 Å². The third-order valence-corrected chi connectivity index (χ3v) is 3.78. The Balaban J connectivity index is 1.97. The number of rotatable bonds is 9. The van der Waals surface area contributed by atoms with Gasteiger partial charge in [0.05, 0.1) is 24.2 Å². The van der Waals surface area contributed by atoms with Crippen molar-refractivity contribution < 1.29 is 13.9 Å². The highest BCUT2D eigenvalue weighted by molar-refractivity contribution is 9.13. The molecule has 98 valence electrons. The molecule has 0 fully saturated rings. The van der Waals surface area contributed by atoms with Gasteiger partial charge in [-0.1, -0.05) is 0 Å². The summed E-state index contributed by atoms with van der Waals surface area (Å²) in [6.45, 7) is 3.70. The van der Waals surface area contributed by atoms with Gasteiger partial charge in [0.1, 0.15) is 5.76 Å². The quantitative estimate of drug-likeness (QED) is 0.678. The van der Waals surface area contributed by atoms with Crippen molar-refractivity contribution in [1.82, 2.24) is 5.32 Å². The van der Waals surface area contributed by atoms with Gasteiger partial charge in [-0.2, -0.15) is 0 Å². The second kappa shape index (κ2) is 9.10. The van der Waals surface area contributed by atoms with Crippen molar-refractivity contribution in [2.24, 2.45) is 0 Å². The fraction of sp³-hybridized carbons (Fsp3) is 0.636. The molecule has 0 saturated carbocycles. The first-order valence-corrected chi connectivity index (χ1v) is 7.03. The van der Waals surface area contributed by atoms with Gasteiger partial charge in [-0.3, -0.25) is 0 Å². The molecule has 0 atom stereocenters. The van der Waals surface area contributed by atoms with Gasteiger partial charge in [0, 0.05) is 13.7 Å². The van der Waals surface area contributed by atoms with Gasteiger partial charge >= 0.3 is 0 Å². The molecule has 0 amide bonds. The van der Waals surface area contributed by atoms with Crippen LogP contribution in [-0.2, 0) is 16.0 Å². The van der Waals surface area contributed by atoms with E-state index < -0.39 is 0 Å². The van der Waals surface area contributed by atoms with Crippen LogP contribution >= 0.6 is 31.9 Å². The lowest BCUT2D eigenvalue weighted by Gasteiger charge is -2.04. The molecule has 17 heavy (non-hydrogen) atoms. The summed E-state index contributed by atoms with van der Waals surface area (Å²) in [5.74, 6) is 0.907. The molecule has 0 saturated heterocycles. The van der Waals surface area contributed by atoms with Gasteiger partial charge in [-0.15, -0.1) is 0 Å². The molecule has 1 heterocycles. The minimum Gasteiger partial charge on any atom is -0.452 e. The number of hydrogen-bond donors (Lipinski definition) is 1. The van der Waals surface area contributed by atoms with Gasteiger partial charge in [-0.25, -0.2) is 0 Å². The van der Waals surface area contributed by atoms with Gasteiger partial charge in [-0.05, 0) is 50.9 Å². The molecule has 0 aliphatic rings. The van der Waals surface area contributed by atoms with E-state index in [1.807, 2.05) is 6.07 Å². The van der Waals surface area contributed by atoms with Crippen molar-refractivity contribution in [2.75, 3.05) is 33.5 Å². The maximum atomic E-state index is 5.43. The average Bonchev–Trinajstić information content (AvgIpc) is 2.62. The minimum absolute atomic E-state index is 0.655. The fourth-order valence-electron chi connectivity index (χ4n) is 1.23. The summed E-state index contributed by atoms with van der Waals surface area (Å²) in [6, 6.07) is 1.95. The van der Waals surface area contributed by atoms with E-state index in [1.54, 1.807) is 7.11 Å². The average molecular weight is 371 g/mol. The van der Waals surface area contributed by atoms with Crippen molar-refractivity contribution in [1.29, 1.82) is 0 Å². The van der Waals surface area contributed by atoms with E-state index in [4.69, 9.17) is 13.9 Å². The van der Waals surface area contributed by atoms with Gasteiger partial charge < -0.3 is 19.2 Å². The van der Waals surface area contributed by atoms with E-state index >= 15 is 0 Å². The number of furan rings is 1. The Hall–Kier alpha value is 0.120. The highest BCUT2D eigenvalue weighted by atomic mass is 79.9. The molecule has 1 aromatic rings. The standard InChI is InChI=1S/C11H17Br2NO3/c1-15-5-6-16-4-2-3-14-8-9-7-10(12)11(13)17-9/h7,14H,2-6,8H2,1H3. The first kappa shape index (κ1) is 15.2. The number of hydrogen-bond acceptors (Lipinski definition) is 4. The molecule has 0 spiro atoms. The Kier molecular flexibility index (Phi) is 8.13. The van der Waals surface area contributed by atoms with Crippen molar-refractivity contribution in [3.63, 3.8) is 0 Å². The maximum absolute atomic E-state index is 5.43. The molecular formula is C11H17Br2NO3. The molecular weight excluding hydrogens is 354 g/mol. The molecule has 1 N–H and O–H groups in total. The zero-order valence-corrected chi connectivity index (χ0v) is 13.0. The molecule has 1 aromatic heterocycles. The Morgan fingerprint density at radius 2 is 2.12 bits per heavy atom. The molecule has 0 bridgehead atoms. The smallest absolute Gasteiger partial charge is 0.183 e. The summed E-state index contributed by atoms with van der Waals surface area (Å²) < 4.78 is 17.3. The van der Waals surface area contributed by atoms with Crippen molar-refractivity contribution in [3.8, 4) is 0 Å². The van der Waals surface area contributed by atoms with Crippen molar-refractivity contribution in [3.05, 3.63) is 21.0 Å². The summed E-state index contributed by atoms with van der Waals surface area (Å²) in [6.07, 6.45) is 0.979. The lowest BCUT2D eigenvalue weighted by atomic mass is 10.4. The van der Waals surface area contributed by atoms with Crippen LogP contribution in [0.15, 0.2) is 19.6 Å². The highest BCUT2D eigenvalue weighted by Gasteiger charge is 2.04. The summed E-state index contributed by atoms with van der Waals surface area (Å²) in [5.41, 5.74) is 0. The van der Waals surface area contributed by atoms with Gasteiger partial charge in [0.15, 0.2) is 4.67 Å². The molecule has 0 unspecified atom stereocenters. The highest BCUT2D eigenvalue weighted by Crippen LogP contribution is 2.26. The third-order valence-electron chi connectivity index (χ3n) is 2.07. The number of ether oxygens (including phenoxy) is 2. The molecule has 0 radical (unpaired) electrons. The number of methoxy groups -OCH3 is 1. The Bertz CT molecular complexity index is 298. The number of halogens is 2. The predicted octanol–water partition coefficient (Wildman–Crippen LogP) is 2.95. The van der Waals surface area contributed by atoms with Gasteiger partial charge in [0.2, 0.25) is 0 Å². The second-order valence-electron chi connectivity index (χ2n) is 3.47. The van der Waals surface area contributed by atoms with Crippen LogP contribution in [0, 0.1) is 0 Å². The summed E-state index contributed by atoms with van der Waals surface area (Å²) in [7, 11) is 1.67. The monoisotopic (exact) mass is 369 g/mol. The van der Waals surface area contributed by atoms with E-state index in [0.717, 1.165) is 41.0 Å². The molecule has 0 aliphatic carbocycles. The SMILES string of the molecule is COCCOCCCNCc1cc(Br)c(Br)o1. The zero-order valence-electron chi connectivity index (χ0n) is 9.80. The Morgan fingerprint density at radius 1 is 1.29 bits per heavy atom. The fourth-order valence-corrected chi connectivity index (χ4v) is 1.89. The van der Waals surface area contributed by atoms with Crippen LogP contribution in [0.2, 0.25) is 0 Å². The van der Waals surface area contributed by atoms with Crippen molar-refractivity contribution >= 4 is 31.9 Å². The summed E-state index contributed by atoms with van der Waals surface area (Å²) in [5, 5.41) is 3.29. The van der Waals surface area contributed by atoms with Gasteiger partial charge in [0.25, 0.3) is 0 Å². The van der Waals surface area contributed by atoms with E-state index in [2.05, 4.69) is 37.2 Å². The Morgan fingerprint density at radius 3 is 2.76 bits per heavy atom. The minimum atomic E-state index is 0.655. The lowest BCUT2D eigenvalue weighted by Crippen LogP contribution is -2.16. The van der Waals surface area contributed by atoms with Crippen molar-refractivity contribution in [2.45, 2.75) is 13.0 Å². The Labute approximate surface area is 118 Å². The molecule has 6 heteroatoms. The molecule has 1 rings (SSSR count). The lowest BCUT2D eigenvalue weighted by molar-refractivity contribution is 0.0694. The van der Waals surface area contributed by atoms with E-state index in [1.165, 1.54) is 0 Å². The van der Waals surface area contributed by atoms with Crippen LogP contribution in [0.5, 0.6) is 0 Å². The zero-order chi connectivity index (χ0) is 12.5. The van der Waals surface area contributed by atoms with Crippen LogP contribution in [-0.4, -0.2) is 33.5 Å². The van der Waals surface area contributed by atoms with E-state index in [-0.39, 0.29) is 0 Å². The van der Waals surface area contributed by atoms with Crippen LogP contribution in [0.1, 0.15) is 12.2 Å². The first-order chi connectivity index (χ1) is 8.24. The molecule has 0 aromatic carbocycles. The van der Waals surface area contributed by atoms with Crippen LogP contribution in [0.25, 0.3) is 0 Å². The second-order valence-corrected chi connectivity index (χ2v) is 5.04. The predicted molar refractivity (Wildman–Crippen MR) is 73.1 cm³/mol. The maximum Gasteiger partial charge on any atom is 0.183 e. The largest absolute Gasteiger partial charge is 0.452 e. The summed E-state index contributed by atoms with van der Waals surface area (Å²) in [4.78, 5) is 0. The summed E-state index contributed by atoms with van der Waals surface area (Å²) >= 11 is 6.67. The molecule has 0 aliphatic heterocycles. The molecule has 4 nitrogen and oxygen atoms in total. The normalized spacial score (nSPS) is 11.0. The van der Waals surface area contributed by atoms with Crippen LogP contribution in [0.3, 0.4) is 0 Å². The number of nitrogens with one attached hydrogen (secondary N) is 1.